The monoisotopic (exact) mass is 390 g/mol. The van der Waals surface area contributed by atoms with Gasteiger partial charge in [-0.05, 0) is 31.6 Å². The van der Waals surface area contributed by atoms with Gasteiger partial charge < -0.3 is 14.9 Å². The largest absolute Gasteiger partial charge is 0.481 e. The van der Waals surface area contributed by atoms with Crippen LogP contribution in [-0.4, -0.2) is 39.8 Å². The molecule has 2 fully saturated rings. The third kappa shape index (κ3) is 5.47. The number of unbranched alkanes of at least 4 members (excludes halogenated alkanes) is 4. The first-order valence-electron chi connectivity index (χ1n) is 10.2. The number of Topliss-reactive ketones (excluding diaryl/α,β-unsaturated/α-hetero) is 1. The van der Waals surface area contributed by atoms with Gasteiger partial charge in [-0.3, -0.25) is 9.59 Å². The first kappa shape index (κ1) is 22.2. The van der Waals surface area contributed by atoms with Crippen molar-refractivity contribution in [2.24, 2.45) is 11.8 Å². The van der Waals surface area contributed by atoms with Crippen molar-refractivity contribution in [1.82, 2.24) is 0 Å². The van der Waals surface area contributed by atoms with Crippen molar-refractivity contribution in [2.75, 3.05) is 0 Å². The van der Waals surface area contributed by atoms with Crippen molar-refractivity contribution < 1.29 is 33.3 Å². The molecule has 1 aliphatic heterocycles. The predicted octanol–water partition coefficient (Wildman–Crippen LogP) is 4.31. The van der Waals surface area contributed by atoms with E-state index in [-0.39, 0.29) is 36.9 Å². The van der Waals surface area contributed by atoms with Gasteiger partial charge in [0.1, 0.15) is 5.78 Å². The maximum Gasteiger partial charge on any atom is 0.303 e. The maximum atomic E-state index is 14.4. The van der Waals surface area contributed by atoms with Crippen LogP contribution in [0.1, 0.15) is 84.0 Å². The van der Waals surface area contributed by atoms with Crippen LogP contribution in [0.4, 0.5) is 8.78 Å². The van der Waals surface area contributed by atoms with Crippen LogP contribution >= 0.6 is 0 Å². The van der Waals surface area contributed by atoms with Crippen LogP contribution in [-0.2, 0) is 14.3 Å². The maximum absolute atomic E-state index is 14.4. The van der Waals surface area contributed by atoms with Crippen LogP contribution in [0.2, 0.25) is 0 Å². The number of rotatable bonds is 11. The number of aliphatic hydroxyl groups is 1. The average molecular weight is 390 g/mol. The van der Waals surface area contributed by atoms with Crippen molar-refractivity contribution in [2.45, 2.75) is 102 Å². The highest BCUT2D eigenvalue weighted by atomic mass is 19.3. The van der Waals surface area contributed by atoms with Gasteiger partial charge in [0, 0.05) is 31.6 Å². The Morgan fingerprint density at radius 1 is 1.26 bits per heavy atom. The standard InChI is InChI=1S/C20H32F2O5/c1-2-3-11-19(21,22)20(26)12-10-15-14(16(23)13-17(15)27-20)8-6-4-5-7-9-18(24)25/h14-15,17,26H,2-13H2,1H3,(H,24,25)/t14-,15-,17?,20-/m1/s1. The molecule has 1 saturated carbocycles. The number of fused-ring (bicyclic) bond motifs is 1. The quantitative estimate of drug-likeness (QED) is 0.514. The Labute approximate surface area is 159 Å². The first-order chi connectivity index (χ1) is 12.7. The van der Waals surface area contributed by atoms with Crippen LogP contribution in [0.25, 0.3) is 0 Å². The van der Waals surface area contributed by atoms with Crippen molar-refractivity contribution >= 4 is 11.8 Å². The Morgan fingerprint density at radius 3 is 2.63 bits per heavy atom. The Morgan fingerprint density at radius 2 is 1.96 bits per heavy atom. The van der Waals surface area contributed by atoms with E-state index in [2.05, 4.69) is 0 Å². The lowest BCUT2D eigenvalue weighted by atomic mass is 9.81. The number of hydrogen-bond acceptors (Lipinski definition) is 4. The smallest absolute Gasteiger partial charge is 0.303 e. The number of carbonyl (C=O) groups is 2. The van der Waals surface area contributed by atoms with E-state index in [0.29, 0.717) is 32.1 Å². The number of aliphatic carboxylic acids is 1. The van der Waals surface area contributed by atoms with Crippen molar-refractivity contribution in [1.29, 1.82) is 0 Å². The fourth-order valence-electron chi connectivity index (χ4n) is 4.42. The zero-order valence-electron chi connectivity index (χ0n) is 16.1. The third-order valence-electron chi connectivity index (χ3n) is 6.04. The molecular weight excluding hydrogens is 358 g/mol. The van der Waals surface area contributed by atoms with Gasteiger partial charge in [-0.2, -0.15) is 0 Å². The summed E-state index contributed by atoms with van der Waals surface area (Å²) in [6, 6.07) is 0. The molecular formula is C20H32F2O5. The molecule has 156 valence electrons. The molecule has 1 heterocycles. The fraction of sp³-hybridized carbons (Fsp3) is 0.900. The minimum Gasteiger partial charge on any atom is -0.481 e. The van der Waals surface area contributed by atoms with Gasteiger partial charge in [-0.1, -0.05) is 32.6 Å². The molecule has 27 heavy (non-hydrogen) atoms. The number of halogens is 2. The van der Waals surface area contributed by atoms with Crippen molar-refractivity contribution in [3.63, 3.8) is 0 Å². The van der Waals surface area contributed by atoms with Crippen molar-refractivity contribution in [3.05, 3.63) is 0 Å². The predicted molar refractivity (Wildman–Crippen MR) is 95.5 cm³/mol. The number of ether oxygens (including phenoxy) is 1. The molecule has 2 rings (SSSR count). The number of alkyl halides is 2. The molecule has 1 unspecified atom stereocenters. The minimum absolute atomic E-state index is 0.0386. The molecule has 0 radical (unpaired) electrons. The average Bonchev–Trinajstić information content (AvgIpc) is 2.90. The molecule has 2 N–H and O–H groups in total. The number of hydrogen-bond donors (Lipinski definition) is 2. The Hall–Kier alpha value is -1.08. The molecule has 4 atom stereocenters. The number of ketones is 1. The zero-order chi connectivity index (χ0) is 20.1. The van der Waals surface area contributed by atoms with Crippen LogP contribution in [0.15, 0.2) is 0 Å². The fourth-order valence-corrected chi connectivity index (χ4v) is 4.42. The molecule has 5 nitrogen and oxygen atoms in total. The third-order valence-corrected chi connectivity index (χ3v) is 6.04. The van der Waals surface area contributed by atoms with E-state index in [1.807, 2.05) is 6.92 Å². The van der Waals surface area contributed by atoms with E-state index >= 15 is 0 Å². The van der Waals surface area contributed by atoms with Gasteiger partial charge in [-0.15, -0.1) is 0 Å². The summed E-state index contributed by atoms with van der Waals surface area (Å²) in [6.45, 7) is 1.82. The summed E-state index contributed by atoms with van der Waals surface area (Å²) in [5.74, 6) is -6.82. The lowest BCUT2D eigenvalue weighted by molar-refractivity contribution is -0.356. The van der Waals surface area contributed by atoms with Crippen LogP contribution in [0, 0.1) is 11.8 Å². The normalized spacial score (nSPS) is 31.1. The Balaban J connectivity index is 1.84. The van der Waals surface area contributed by atoms with Gasteiger partial charge in [0.05, 0.1) is 6.10 Å². The summed E-state index contributed by atoms with van der Waals surface area (Å²) in [6.07, 6.45) is 4.17. The van der Waals surface area contributed by atoms with E-state index in [9.17, 15) is 23.5 Å². The molecule has 0 aromatic rings. The van der Waals surface area contributed by atoms with E-state index in [4.69, 9.17) is 9.84 Å². The lowest BCUT2D eigenvalue weighted by Crippen LogP contribution is -2.55. The first-order valence-corrected chi connectivity index (χ1v) is 10.2. The number of carboxylic acids is 1. The molecule has 1 aliphatic carbocycles. The minimum atomic E-state index is -3.31. The molecule has 0 aromatic carbocycles. The second-order valence-electron chi connectivity index (χ2n) is 8.07. The summed E-state index contributed by atoms with van der Waals surface area (Å²) >= 11 is 0. The zero-order valence-corrected chi connectivity index (χ0v) is 16.1. The Bertz CT molecular complexity index is 525. The van der Waals surface area contributed by atoms with E-state index < -0.39 is 30.2 Å². The summed E-state index contributed by atoms with van der Waals surface area (Å²) < 4.78 is 34.3. The number of carboxylic acid groups (broad SMARTS) is 1. The molecule has 1 saturated heterocycles. The molecule has 0 amide bonds. The molecule has 0 aromatic heterocycles. The highest BCUT2D eigenvalue weighted by Gasteiger charge is 2.59. The summed E-state index contributed by atoms with van der Waals surface area (Å²) in [7, 11) is 0. The van der Waals surface area contributed by atoms with Gasteiger partial charge in [0.15, 0.2) is 0 Å². The number of carbonyl (C=O) groups excluding carboxylic acids is 1. The lowest BCUT2D eigenvalue weighted by Gasteiger charge is -2.43. The van der Waals surface area contributed by atoms with E-state index in [1.165, 1.54) is 0 Å². The highest BCUT2D eigenvalue weighted by Crippen LogP contribution is 2.49. The van der Waals surface area contributed by atoms with E-state index in [0.717, 1.165) is 19.3 Å². The second-order valence-corrected chi connectivity index (χ2v) is 8.07. The molecule has 7 heteroatoms. The van der Waals surface area contributed by atoms with Gasteiger partial charge in [-0.25, -0.2) is 8.78 Å². The Kier molecular flexibility index (Phi) is 7.74. The molecule has 2 aliphatic rings. The van der Waals surface area contributed by atoms with Crippen LogP contribution in [0.3, 0.4) is 0 Å². The molecule has 0 spiro atoms. The van der Waals surface area contributed by atoms with Gasteiger partial charge in [0.25, 0.3) is 0 Å². The van der Waals surface area contributed by atoms with E-state index in [1.54, 1.807) is 0 Å². The SMILES string of the molecule is CCCCC(F)(F)[C@@]1(O)CC[C@H]2C(CC(=O)[C@@H]2CCCCCCC(=O)O)O1. The van der Waals surface area contributed by atoms with Gasteiger partial charge >= 0.3 is 11.9 Å². The topological polar surface area (TPSA) is 83.8 Å². The van der Waals surface area contributed by atoms with Crippen molar-refractivity contribution in [3.8, 4) is 0 Å². The van der Waals surface area contributed by atoms with Gasteiger partial charge in [0.2, 0.25) is 5.79 Å². The molecule has 0 bridgehead atoms. The van der Waals surface area contributed by atoms with Crippen LogP contribution < -0.4 is 0 Å². The van der Waals surface area contributed by atoms with Crippen LogP contribution in [0.5, 0.6) is 0 Å². The summed E-state index contributed by atoms with van der Waals surface area (Å²) in [5.41, 5.74) is 0. The summed E-state index contributed by atoms with van der Waals surface area (Å²) in [4.78, 5) is 22.8. The highest BCUT2D eigenvalue weighted by molar-refractivity contribution is 5.84. The second kappa shape index (κ2) is 9.41. The summed E-state index contributed by atoms with van der Waals surface area (Å²) in [5, 5.41) is 19.1.